The van der Waals surface area contributed by atoms with Crippen molar-refractivity contribution in [1.82, 2.24) is 9.88 Å². The summed E-state index contributed by atoms with van der Waals surface area (Å²) >= 11 is 0. The van der Waals surface area contributed by atoms with Crippen molar-refractivity contribution in [3.05, 3.63) is 24.0 Å². The maximum Gasteiger partial charge on any atom is 0.325 e. The fourth-order valence-electron chi connectivity index (χ4n) is 1.16. The van der Waals surface area contributed by atoms with Crippen molar-refractivity contribution in [3.63, 3.8) is 0 Å². The minimum atomic E-state index is -0.0535. The van der Waals surface area contributed by atoms with Crippen molar-refractivity contribution in [2.45, 2.75) is 25.4 Å². The molecule has 1 fully saturated rings. The van der Waals surface area contributed by atoms with Crippen LogP contribution in [0.15, 0.2) is 18.5 Å². The largest absolute Gasteiger partial charge is 0.335 e. The molecule has 0 bridgehead atoms. The average Bonchev–Trinajstić information content (AvgIpc) is 2.82. The molecule has 70 valence electrons. The molecule has 0 aromatic carbocycles. The van der Waals surface area contributed by atoms with Gasteiger partial charge in [-0.25, -0.2) is 4.79 Å². The summed E-state index contributed by atoms with van der Waals surface area (Å²) in [4.78, 5) is 11.4. The molecular weight excluding hydrogens is 166 g/mol. The number of nitrogens with one attached hydrogen (secondary N) is 1. The van der Waals surface area contributed by atoms with Gasteiger partial charge in [0.2, 0.25) is 0 Å². The molecule has 0 saturated heterocycles. The summed E-state index contributed by atoms with van der Waals surface area (Å²) in [5, 5.41) is 2.89. The molecule has 1 aliphatic carbocycles. The molecule has 1 aromatic rings. The van der Waals surface area contributed by atoms with Crippen molar-refractivity contribution < 1.29 is 4.79 Å². The van der Waals surface area contributed by atoms with E-state index >= 15 is 0 Å². The van der Waals surface area contributed by atoms with Crippen LogP contribution < -0.4 is 11.1 Å². The van der Waals surface area contributed by atoms with Crippen LogP contribution >= 0.6 is 0 Å². The molecule has 0 unspecified atom stereocenters. The van der Waals surface area contributed by atoms with E-state index in [2.05, 4.69) is 5.32 Å². The Morgan fingerprint density at radius 1 is 1.69 bits per heavy atom. The topological polar surface area (TPSA) is 60.0 Å². The summed E-state index contributed by atoms with van der Waals surface area (Å²) in [5.74, 6) is 0. The lowest BCUT2D eigenvalue weighted by molar-refractivity contribution is 0.242. The van der Waals surface area contributed by atoms with Crippen LogP contribution in [0.3, 0.4) is 0 Å². The zero-order valence-electron chi connectivity index (χ0n) is 7.36. The third-order valence-electron chi connectivity index (χ3n) is 2.13. The molecule has 1 heterocycles. The Morgan fingerprint density at radius 3 is 3.00 bits per heavy atom. The number of carbonyl (C=O) groups excluding carboxylic acids is 1. The Hall–Kier alpha value is -1.29. The maximum atomic E-state index is 11.4. The molecule has 3 N–H and O–H groups in total. The number of hydrogen-bond donors (Lipinski definition) is 2. The van der Waals surface area contributed by atoms with E-state index in [0.29, 0.717) is 12.6 Å². The smallest absolute Gasteiger partial charge is 0.325 e. The molecule has 1 saturated carbocycles. The van der Waals surface area contributed by atoms with E-state index in [1.807, 2.05) is 6.07 Å². The molecule has 0 atom stereocenters. The van der Waals surface area contributed by atoms with Gasteiger partial charge in [0.05, 0.1) is 0 Å². The molecule has 1 aliphatic rings. The first kappa shape index (κ1) is 8.31. The van der Waals surface area contributed by atoms with Gasteiger partial charge in [0.15, 0.2) is 0 Å². The fraction of sp³-hybridized carbons (Fsp3) is 0.444. The maximum absolute atomic E-state index is 11.4. The second kappa shape index (κ2) is 3.22. The van der Waals surface area contributed by atoms with Gasteiger partial charge in [0.1, 0.15) is 0 Å². The van der Waals surface area contributed by atoms with E-state index in [9.17, 15) is 4.79 Å². The van der Waals surface area contributed by atoms with Crippen molar-refractivity contribution in [2.24, 2.45) is 5.73 Å². The quantitative estimate of drug-likeness (QED) is 0.700. The predicted octanol–water partition coefficient (Wildman–Crippen LogP) is 0.667. The van der Waals surface area contributed by atoms with Crippen LogP contribution in [0.5, 0.6) is 0 Å². The number of hydrogen-bond acceptors (Lipinski definition) is 2. The molecule has 1 aromatic heterocycles. The number of nitrogens with zero attached hydrogens (tertiary/aromatic N) is 1. The van der Waals surface area contributed by atoms with Gasteiger partial charge in [0.25, 0.3) is 0 Å². The van der Waals surface area contributed by atoms with Crippen molar-refractivity contribution in [2.75, 3.05) is 0 Å². The highest BCUT2D eigenvalue weighted by atomic mass is 16.2. The van der Waals surface area contributed by atoms with Crippen LogP contribution in [-0.2, 0) is 6.54 Å². The Labute approximate surface area is 76.7 Å². The number of nitrogens with two attached hydrogens (primary N) is 1. The van der Waals surface area contributed by atoms with Gasteiger partial charge in [-0.1, -0.05) is 0 Å². The zero-order valence-corrected chi connectivity index (χ0v) is 7.36. The first-order valence-corrected chi connectivity index (χ1v) is 4.47. The zero-order chi connectivity index (χ0) is 9.26. The number of rotatable bonds is 2. The normalized spacial score (nSPS) is 15.8. The van der Waals surface area contributed by atoms with Crippen LogP contribution in [-0.4, -0.2) is 16.6 Å². The average molecular weight is 179 g/mol. The molecule has 4 nitrogen and oxygen atoms in total. The molecule has 0 aliphatic heterocycles. The SMILES string of the molecule is NCc1ccn(C(=O)NC2CC2)c1. The van der Waals surface area contributed by atoms with Gasteiger partial charge in [-0.2, -0.15) is 0 Å². The van der Waals surface area contributed by atoms with E-state index in [1.165, 1.54) is 0 Å². The Kier molecular flexibility index (Phi) is 2.06. The van der Waals surface area contributed by atoms with E-state index in [4.69, 9.17) is 5.73 Å². The summed E-state index contributed by atoms with van der Waals surface area (Å²) in [6, 6.07) is 2.20. The van der Waals surface area contributed by atoms with E-state index in [0.717, 1.165) is 18.4 Å². The van der Waals surface area contributed by atoms with Gasteiger partial charge >= 0.3 is 6.03 Å². The molecule has 0 spiro atoms. The lowest BCUT2D eigenvalue weighted by atomic mass is 10.4. The van der Waals surface area contributed by atoms with E-state index in [1.54, 1.807) is 17.0 Å². The van der Waals surface area contributed by atoms with Crippen LogP contribution in [0.25, 0.3) is 0 Å². The van der Waals surface area contributed by atoms with Crippen molar-refractivity contribution >= 4 is 6.03 Å². The van der Waals surface area contributed by atoms with E-state index < -0.39 is 0 Å². The summed E-state index contributed by atoms with van der Waals surface area (Å²) in [5.41, 5.74) is 6.41. The third-order valence-corrected chi connectivity index (χ3v) is 2.13. The second-order valence-corrected chi connectivity index (χ2v) is 3.35. The van der Waals surface area contributed by atoms with Crippen molar-refractivity contribution in [1.29, 1.82) is 0 Å². The lowest BCUT2D eigenvalue weighted by Crippen LogP contribution is -2.29. The Balaban J connectivity index is 2.01. The highest BCUT2D eigenvalue weighted by Gasteiger charge is 2.23. The fourth-order valence-corrected chi connectivity index (χ4v) is 1.16. The van der Waals surface area contributed by atoms with Crippen molar-refractivity contribution in [3.8, 4) is 0 Å². The molecule has 2 rings (SSSR count). The first-order chi connectivity index (χ1) is 6.29. The Morgan fingerprint density at radius 2 is 2.46 bits per heavy atom. The summed E-state index contributed by atoms with van der Waals surface area (Å²) in [6.07, 6.45) is 5.71. The van der Waals surface area contributed by atoms with E-state index in [-0.39, 0.29) is 6.03 Å². The predicted molar refractivity (Wildman–Crippen MR) is 49.3 cm³/mol. The number of amides is 1. The molecule has 1 amide bonds. The second-order valence-electron chi connectivity index (χ2n) is 3.35. The minimum absolute atomic E-state index is 0.0535. The van der Waals surface area contributed by atoms with Crippen LogP contribution in [0, 0.1) is 0 Å². The molecule has 0 radical (unpaired) electrons. The van der Waals surface area contributed by atoms with Gasteiger partial charge in [0, 0.05) is 25.0 Å². The Bertz CT molecular complexity index is 314. The standard InChI is InChI=1S/C9H13N3O/c10-5-7-3-4-12(6-7)9(13)11-8-1-2-8/h3-4,6,8H,1-2,5,10H2,(H,11,13). The van der Waals surface area contributed by atoms with Gasteiger partial charge in [-0.15, -0.1) is 0 Å². The lowest BCUT2D eigenvalue weighted by Gasteiger charge is -2.02. The van der Waals surface area contributed by atoms with Crippen LogP contribution in [0.1, 0.15) is 18.4 Å². The summed E-state index contributed by atoms with van der Waals surface area (Å²) in [6.45, 7) is 0.476. The highest BCUT2D eigenvalue weighted by Crippen LogP contribution is 2.18. The minimum Gasteiger partial charge on any atom is -0.335 e. The van der Waals surface area contributed by atoms with Crippen LogP contribution in [0.2, 0.25) is 0 Å². The summed E-state index contributed by atoms with van der Waals surface area (Å²) in [7, 11) is 0. The van der Waals surface area contributed by atoms with Gasteiger partial charge < -0.3 is 11.1 Å². The summed E-state index contributed by atoms with van der Waals surface area (Å²) < 4.78 is 1.54. The van der Waals surface area contributed by atoms with Gasteiger partial charge in [-0.3, -0.25) is 4.57 Å². The third kappa shape index (κ3) is 1.89. The monoisotopic (exact) mass is 179 g/mol. The van der Waals surface area contributed by atoms with Crippen LogP contribution in [0.4, 0.5) is 4.79 Å². The molecule has 13 heavy (non-hydrogen) atoms. The number of carbonyl (C=O) groups is 1. The first-order valence-electron chi connectivity index (χ1n) is 4.47. The molecular formula is C9H13N3O. The van der Waals surface area contributed by atoms with Gasteiger partial charge in [-0.05, 0) is 24.5 Å². The molecule has 4 heteroatoms. The highest BCUT2D eigenvalue weighted by molar-refractivity contribution is 5.77. The number of aromatic nitrogens is 1.